The summed E-state index contributed by atoms with van der Waals surface area (Å²) in [6, 6.07) is 0. The lowest BCUT2D eigenvalue weighted by molar-refractivity contribution is -0.439. The van der Waals surface area contributed by atoms with Crippen LogP contribution in [0.25, 0.3) is 0 Å². The van der Waals surface area contributed by atoms with E-state index in [2.05, 4.69) is 4.74 Å². The SMILES string of the molecule is CCC(CSCCC(F)(F)C(F)(F)C(F)(F)C(F)(F)C(F)(F)C(F)(F)F)OC(C)=O. The highest BCUT2D eigenvalue weighted by atomic mass is 32.2. The molecular formula is C14H15F13O2S. The summed E-state index contributed by atoms with van der Waals surface area (Å²) in [7, 11) is 0. The summed E-state index contributed by atoms with van der Waals surface area (Å²) in [5.41, 5.74) is 0. The molecule has 0 aromatic carbocycles. The summed E-state index contributed by atoms with van der Waals surface area (Å²) in [5.74, 6) is -38.9. The van der Waals surface area contributed by atoms with Gasteiger partial charge in [0, 0.05) is 19.1 Å². The molecular weight excluding hydrogens is 479 g/mol. The highest BCUT2D eigenvalue weighted by molar-refractivity contribution is 7.99. The summed E-state index contributed by atoms with van der Waals surface area (Å²) in [5, 5.41) is 0. The molecule has 0 aromatic heterocycles. The van der Waals surface area contributed by atoms with E-state index in [4.69, 9.17) is 0 Å². The van der Waals surface area contributed by atoms with E-state index in [1.807, 2.05) is 0 Å². The van der Waals surface area contributed by atoms with Gasteiger partial charge in [-0.3, -0.25) is 4.79 Å². The van der Waals surface area contributed by atoms with Crippen LogP contribution in [-0.2, 0) is 9.53 Å². The van der Waals surface area contributed by atoms with Crippen molar-refractivity contribution in [2.45, 2.75) is 68.6 Å². The zero-order valence-electron chi connectivity index (χ0n) is 15.0. The van der Waals surface area contributed by atoms with Crippen molar-refractivity contribution in [3.05, 3.63) is 0 Å². The fraction of sp³-hybridized carbons (Fsp3) is 0.929. The van der Waals surface area contributed by atoms with E-state index in [0.717, 1.165) is 6.92 Å². The van der Waals surface area contributed by atoms with E-state index in [-0.39, 0.29) is 12.2 Å². The number of thioether (sulfide) groups is 1. The van der Waals surface area contributed by atoms with Gasteiger partial charge >= 0.3 is 41.8 Å². The molecule has 0 aliphatic carbocycles. The number of alkyl halides is 13. The van der Waals surface area contributed by atoms with Gasteiger partial charge in [0.15, 0.2) is 0 Å². The maximum Gasteiger partial charge on any atom is 0.460 e. The monoisotopic (exact) mass is 494 g/mol. The molecule has 30 heavy (non-hydrogen) atoms. The van der Waals surface area contributed by atoms with Gasteiger partial charge in [-0.2, -0.15) is 68.8 Å². The van der Waals surface area contributed by atoms with Crippen molar-refractivity contribution in [3.8, 4) is 0 Å². The minimum atomic E-state index is -7.89. The molecule has 0 rings (SSSR count). The molecule has 0 heterocycles. The summed E-state index contributed by atoms with van der Waals surface area (Å²) >= 11 is 0.348. The predicted octanol–water partition coefficient (Wildman–Crippen LogP) is 6.19. The third kappa shape index (κ3) is 5.39. The fourth-order valence-electron chi connectivity index (χ4n) is 1.84. The Kier molecular flexibility index (Phi) is 8.85. The van der Waals surface area contributed by atoms with E-state index in [0.29, 0.717) is 11.8 Å². The van der Waals surface area contributed by atoms with E-state index < -0.39 is 60.0 Å². The van der Waals surface area contributed by atoms with Crippen molar-refractivity contribution in [1.29, 1.82) is 0 Å². The Balaban J connectivity index is 5.48. The first-order chi connectivity index (χ1) is 13.1. The van der Waals surface area contributed by atoms with Gasteiger partial charge in [-0.05, 0) is 12.2 Å². The summed E-state index contributed by atoms with van der Waals surface area (Å²) in [4.78, 5) is 10.7. The van der Waals surface area contributed by atoms with Gasteiger partial charge in [-0.25, -0.2) is 0 Å². The lowest BCUT2D eigenvalue weighted by Gasteiger charge is -2.39. The number of hydrogen-bond donors (Lipinski definition) is 0. The summed E-state index contributed by atoms with van der Waals surface area (Å²) < 4.78 is 173. The molecule has 0 saturated carbocycles. The minimum Gasteiger partial charge on any atom is -0.462 e. The second kappa shape index (κ2) is 9.18. The van der Waals surface area contributed by atoms with Crippen molar-refractivity contribution in [2.75, 3.05) is 11.5 Å². The van der Waals surface area contributed by atoms with Crippen molar-refractivity contribution < 1.29 is 66.6 Å². The quantitative estimate of drug-likeness (QED) is 0.195. The first-order valence-corrected chi connectivity index (χ1v) is 8.96. The Hall–Kier alpha value is -1.09. The van der Waals surface area contributed by atoms with Gasteiger partial charge < -0.3 is 4.74 Å². The first-order valence-electron chi connectivity index (χ1n) is 7.81. The third-order valence-electron chi connectivity index (χ3n) is 3.65. The van der Waals surface area contributed by atoms with Crippen LogP contribution >= 0.6 is 11.8 Å². The predicted molar refractivity (Wildman–Crippen MR) is 78.6 cm³/mol. The molecule has 16 heteroatoms. The zero-order chi connectivity index (χ0) is 24.4. The Morgan fingerprint density at radius 2 is 1.23 bits per heavy atom. The average molecular weight is 494 g/mol. The Labute approximate surface area is 165 Å². The molecule has 0 N–H and O–H groups in total. The lowest BCUT2D eigenvalue weighted by atomic mass is 9.93. The van der Waals surface area contributed by atoms with Crippen molar-refractivity contribution in [3.63, 3.8) is 0 Å². The molecule has 0 amide bonds. The van der Waals surface area contributed by atoms with E-state index >= 15 is 0 Å². The second-order valence-corrected chi connectivity index (χ2v) is 7.11. The van der Waals surface area contributed by atoms with E-state index in [9.17, 15) is 61.9 Å². The number of rotatable bonds is 11. The highest BCUT2D eigenvalue weighted by Gasteiger charge is 2.90. The van der Waals surface area contributed by atoms with Gasteiger partial charge in [0.25, 0.3) is 0 Å². The van der Waals surface area contributed by atoms with Gasteiger partial charge in [0.05, 0.1) is 0 Å². The zero-order valence-corrected chi connectivity index (χ0v) is 15.9. The molecule has 2 nitrogen and oxygen atoms in total. The van der Waals surface area contributed by atoms with Crippen LogP contribution in [0.3, 0.4) is 0 Å². The Morgan fingerprint density at radius 1 is 0.800 bits per heavy atom. The van der Waals surface area contributed by atoms with Crippen LogP contribution in [0.15, 0.2) is 0 Å². The van der Waals surface area contributed by atoms with Crippen molar-refractivity contribution in [1.82, 2.24) is 0 Å². The average Bonchev–Trinajstić information content (AvgIpc) is 2.55. The number of esters is 1. The molecule has 1 unspecified atom stereocenters. The van der Waals surface area contributed by atoms with Crippen LogP contribution < -0.4 is 0 Å². The normalized spacial score (nSPS) is 15.8. The number of carbonyl (C=O) groups is 1. The maximum atomic E-state index is 13.5. The number of ether oxygens (including phenoxy) is 1. The smallest absolute Gasteiger partial charge is 0.460 e. The number of carbonyl (C=O) groups excluding carboxylic acids is 1. The molecule has 0 fully saturated rings. The van der Waals surface area contributed by atoms with Crippen molar-refractivity contribution >= 4 is 17.7 Å². The topological polar surface area (TPSA) is 26.3 Å². The minimum absolute atomic E-state index is 0.135. The first kappa shape index (κ1) is 28.9. The standard InChI is InChI=1S/C14H15F13O2S/c1-3-8(29-7(2)28)6-30-5-4-9(15,16)10(17,18)11(19,20)12(21,22)13(23,24)14(25,26)27/h8H,3-6H2,1-2H3. The third-order valence-corrected chi connectivity index (χ3v) is 4.75. The van der Waals surface area contributed by atoms with Gasteiger partial charge in [0.1, 0.15) is 6.10 Å². The van der Waals surface area contributed by atoms with Crippen LogP contribution in [-0.4, -0.2) is 59.4 Å². The lowest BCUT2D eigenvalue weighted by Crippen LogP contribution is -2.70. The van der Waals surface area contributed by atoms with Crippen molar-refractivity contribution in [2.24, 2.45) is 0 Å². The molecule has 0 spiro atoms. The van der Waals surface area contributed by atoms with Gasteiger partial charge in [-0.1, -0.05) is 6.92 Å². The molecule has 180 valence electrons. The number of halogens is 13. The van der Waals surface area contributed by atoms with Crippen LogP contribution in [0.4, 0.5) is 57.1 Å². The molecule has 0 aliphatic rings. The molecule has 0 aliphatic heterocycles. The Morgan fingerprint density at radius 3 is 1.60 bits per heavy atom. The van der Waals surface area contributed by atoms with E-state index in [1.54, 1.807) is 0 Å². The molecule has 0 bridgehead atoms. The van der Waals surface area contributed by atoms with Gasteiger partial charge in [-0.15, -0.1) is 0 Å². The highest BCUT2D eigenvalue weighted by Crippen LogP contribution is 2.60. The van der Waals surface area contributed by atoms with Gasteiger partial charge in [0.2, 0.25) is 0 Å². The second-order valence-electron chi connectivity index (χ2n) is 5.96. The van der Waals surface area contributed by atoms with E-state index in [1.165, 1.54) is 6.92 Å². The largest absolute Gasteiger partial charge is 0.462 e. The van der Waals surface area contributed by atoms with Crippen LogP contribution in [0.5, 0.6) is 0 Å². The molecule has 1 atom stereocenters. The van der Waals surface area contributed by atoms with Crippen LogP contribution in [0.1, 0.15) is 26.7 Å². The molecule has 0 aromatic rings. The summed E-state index contributed by atoms with van der Waals surface area (Å²) in [6.45, 7) is 2.46. The van der Waals surface area contributed by atoms with Crippen LogP contribution in [0, 0.1) is 0 Å². The Bertz CT molecular complexity index is 589. The molecule has 0 radical (unpaired) electrons. The number of hydrogen-bond acceptors (Lipinski definition) is 3. The summed E-state index contributed by atoms with van der Waals surface area (Å²) in [6.07, 6.45) is -10.5. The maximum absolute atomic E-state index is 13.5. The van der Waals surface area contributed by atoms with Crippen LogP contribution in [0.2, 0.25) is 0 Å². The fourth-order valence-corrected chi connectivity index (χ4v) is 2.98. The molecule has 0 saturated heterocycles.